The molecule has 0 atom stereocenters. The minimum atomic E-state index is -0.938. The van der Waals surface area contributed by atoms with Gasteiger partial charge in [0.1, 0.15) is 11.5 Å². The average Bonchev–Trinajstić information content (AvgIpc) is 2.84. The summed E-state index contributed by atoms with van der Waals surface area (Å²) in [6.07, 6.45) is -0.157. The molecule has 0 aliphatic rings. The molecule has 0 saturated carbocycles. The van der Waals surface area contributed by atoms with Crippen LogP contribution in [0.2, 0.25) is 0 Å². The highest BCUT2D eigenvalue weighted by Gasteiger charge is 2.23. The van der Waals surface area contributed by atoms with E-state index in [2.05, 4.69) is 0 Å². The van der Waals surface area contributed by atoms with Crippen LogP contribution in [0.15, 0.2) is 42.5 Å². The average molecular weight is 339 g/mol. The summed E-state index contributed by atoms with van der Waals surface area (Å²) in [4.78, 5) is 11.4. The molecule has 2 aromatic carbocycles. The number of aliphatic carboxylic acids is 1. The van der Waals surface area contributed by atoms with Crippen molar-refractivity contribution in [3.05, 3.63) is 59.3 Å². The Balaban J connectivity index is 2.30. The number of fused-ring (bicyclic) bond motifs is 1. The fourth-order valence-corrected chi connectivity index (χ4v) is 3.46. The number of carboxylic acids is 1. The van der Waals surface area contributed by atoms with Gasteiger partial charge in [-0.25, -0.2) is 0 Å². The van der Waals surface area contributed by atoms with E-state index in [0.29, 0.717) is 17.5 Å². The lowest BCUT2D eigenvalue weighted by Crippen LogP contribution is -2.09. The maximum atomic E-state index is 11.4. The highest BCUT2D eigenvalue weighted by molar-refractivity contribution is 5.94. The highest BCUT2D eigenvalue weighted by atomic mass is 16.4. The third kappa shape index (κ3) is 3.05. The first-order valence-corrected chi connectivity index (χ1v) is 8.21. The zero-order valence-electron chi connectivity index (χ0n) is 14.2. The predicted octanol–water partition coefficient (Wildman–Crippen LogP) is 3.85. The van der Waals surface area contributed by atoms with E-state index >= 15 is 0 Å². The minimum Gasteiger partial charge on any atom is -0.508 e. The van der Waals surface area contributed by atoms with Crippen molar-refractivity contribution in [2.45, 2.75) is 32.7 Å². The molecule has 5 nitrogen and oxygen atoms in total. The number of carbonyl (C=O) groups is 1. The number of rotatable bonds is 5. The number of aromatic nitrogens is 1. The van der Waals surface area contributed by atoms with Gasteiger partial charge in [0, 0.05) is 16.6 Å². The molecule has 5 heteroatoms. The first kappa shape index (κ1) is 16.9. The van der Waals surface area contributed by atoms with Crippen LogP contribution in [-0.2, 0) is 17.8 Å². The van der Waals surface area contributed by atoms with Crippen molar-refractivity contribution < 1.29 is 20.1 Å². The second-order valence-corrected chi connectivity index (χ2v) is 6.48. The van der Waals surface area contributed by atoms with Gasteiger partial charge in [0.2, 0.25) is 0 Å². The van der Waals surface area contributed by atoms with E-state index in [4.69, 9.17) is 0 Å². The van der Waals surface area contributed by atoms with E-state index in [1.165, 1.54) is 0 Å². The quantitative estimate of drug-likeness (QED) is 0.659. The zero-order chi connectivity index (χ0) is 18.1. The predicted molar refractivity (Wildman–Crippen MR) is 96.2 cm³/mol. The second kappa shape index (κ2) is 6.51. The Morgan fingerprint density at radius 1 is 1.04 bits per heavy atom. The number of benzene rings is 2. The molecule has 25 heavy (non-hydrogen) atoms. The lowest BCUT2D eigenvalue weighted by atomic mass is 10.0. The Morgan fingerprint density at radius 3 is 2.36 bits per heavy atom. The van der Waals surface area contributed by atoms with Crippen molar-refractivity contribution in [1.82, 2.24) is 4.57 Å². The van der Waals surface area contributed by atoms with E-state index in [-0.39, 0.29) is 23.8 Å². The summed E-state index contributed by atoms with van der Waals surface area (Å²) in [6.45, 7) is 4.40. The van der Waals surface area contributed by atoms with Gasteiger partial charge in [-0.15, -0.1) is 0 Å². The summed E-state index contributed by atoms with van der Waals surface area (Å²) in [7, 11) is 0. The second-order valence-electron chi connectivity index (χ2n) is 6.48. The van der Waals surface area contributed by atoms with Gasteiger partial charge in [-0.3, -0.25) is 4.79 Å². The standard InChI is InChI=1S/C20H21NO4/c1-12(2)20-14(10-18(24)25)19-15(7-5-9-17(19)23)21(20)11-13-6-3-4-8-16(13)22/h3-9,12,22-23H,10-11H2,1-2H3,(H,24,25). The first-order valence-electron chi connectivity index (χ1n) is 8.21. The molecule has 0 radical (unpaired) electrons. The molecule has 130 valence electrons. The summed E-state index contributed by atoms with van der Waals surface area (Å²) < 4.78 is 1.99. The van der Waals surface area contributed by atoms with Gasteiger partial charge in [-0.2, -0.15) is 0 Å². The summed E-state index contributed by atoms with van der Waals surface area (Å²) in [6, 6.07) is 12.3. The molecule has 3 N–H and O–H groups in total. The minimum absolute atomic E-state index is 0.0620. The number of para-hydroxylation sites is 1. The number of aromatic hydroxyl groups is 2. The number of carboxylic acid groups (broad SMARTS) is 1. The number of hydrogen-bond acceptors (Lipinski definition) is 3. The molecule has 1 aromatic heterocycles. The van der Waals surface area contributed by atoms with Gasteiger partial charge in [-0.05, 0) is 29.7 Å². The van der Waals surface area contributed by atoms with Crippen LogP contribution in [0.4, 0.5) is 0 Å². The fourth-order valence-electron chi connectivity index (χ4n) is 3.46. The van der Waals surface area contributed by atoms with Gasteiger partial charge in [0.15, 0.2) is 0 Å². The van der Waals surface area contributed by atoms with Gasteiger partial charge in [0.25, 0.3) is 0 Å². The van der Waals surface area contributed by atoms with Crippen LogP contribution in [0.1, 0.15) is 36.6 Å². The van der Waals surface area contributed by atoms with Crippen LogP contribution in [0.25, 0.3) is 10.9 Å². The summed E-state index contributed by atoms with van der Waals surface area (Å²) in [5.41, 5.74) is 3.00. The van der Waals surface area contributed by atoms with Crippen molar-refractivity contribution in [2.75, 3.05) is 0 Å². The smallest absolute Gasteiger partial charge is 0.307 e. The van der Waals surface area contributed by atoms with E-state index in [0.717, 1.165) is 16.8 Å². The summed E-state index contributed by atoms with van der Waals surface area (Å²) >= 11 is 0. The molecule has 1 heterocycles. The Morgan fingerprint density at radius 2 is 1.72 bits per heavy atom. The van der Waals surface area contributed by atoms with Crippen molar-refractivity contribution in [2.24, 2.45) is 0 Å². The molecule has 0 bridgehead atoms. The van der Waals surface area contributed by atoms with Crippen molar-refractivity contribution >= 4 is 16.9 Å². The molecular weight excluding hydrogens is 318 g/mol. The number of nitrogens with zero attached hydrogens (tertiary/aromatic N) is 1. The van der Waals surface area contributed by atoms with Crippen LogP contribution in [-0.4, -0.2) is 25.9 Å². The van der Waals surface area contributed by atoms with Crippen LogP contribution in [0.3, 0.4) is 0 Å². The van der Waals surface area contributed by atoms with Crippen molar-refractivity contribution in [3.63, 3.8) is 0 Å². The number of hydrogen-bond donors (Lipinski definition) is 3. The van der Waals surface area contributed by atoms with Gasteiger partial charge < -0.3 is 19.9 Å². The molecule has 3 rings (SSSR count). The molecule has 0 unspecified atom stereocenters. The SMILES string of the molecule is CC(C)c1c(CC(=O)O)c2c(O)cccc2n1Cc1ccccc1O. The highest BCUT2D eigenvalue weighted by Crippen LogP contribution is 2.37. The topological polar surface area (TPSA) is 82.7 Å². The fraction of sp³-hybridized carbons (Fsp3) is 0.250. The number of phenolic OH excluding ortho intramolecular Hbond substituents is 2. The summed E-state index contributed by atoms with van der Waals surface area (Å²) in [5.74, 6) is -0.607. The first-order chi connectivity index (χ1) is 11.9. The summed E-state index contributed by atoms with van der Waals surface area (Å²) in [5, 5.41) is 30.4. The van der Waals surface area contributed by atoms with E-state index in [1.54, 1.807) is 24.3 Å². The van der Waals surface area contributed by atoms with Crippen LogP contribution >= 0.6 is 0 Å². The Bertz CT molecular complexity index is 940. The molecule has 0 spiro atoms. The molecule has 0 aliphatic carbocycles. The third-order valence-electron chi connectivity index (χ3n) is 4.41. The van der Waals surface area contributed by atoms with E-state index in [9.17, 15) is 20.1 Å². The third-order valence-corrected chi connectivity index (χ3v) is 4.41. The van der Waals surface area contributed by atoms with E-state index < -0.39 is 5.97 Å². The normalized spacial score (nSPS) is 11.3. The maximum absolute atomic E-state index is 11.4. The lowest BCUT2D eigenvalue weighted by molar-refractivity contribution is -0.136. The van der Waals surface area contributed by atoms with Crippen LogP contribution in [0, 0.1) is 0 Å². The molecule has 3 aromatic rings. The molecule has 0 amide bonds. The Hall–Kier alpha value is -2.95. The monoisotopic (exact) mass is 339 g/mol. The molecule has 0 fully saturated rings. The lowest BCUT2D eigenvalue weighted by Gasteiger charge is -2.16. The van der Waals surface area contributed by atoms with Crippen molar-refractivity contribution in [1.29, 1.82) is 0 Å². The zero-order valence-corrected chi connectivity index (χ0v) is 14.2. The van der Waals surface area contributed by atoms with E-state index in [1.807, 2.05) is 36.6 Å². The largest absolute Gasteiger partial charge is 0.508 e. The molecule has 0 saturated heterocycles. The number of phenols is 2. The van der Waals surface area contributed by atoms with Gasteiger partial charge in [-0.1, -0.05) is 38.1 Å². The van der Waals surface area contributed by atoms with Crippen LogP contribution < -0.4 is 0 Å². The van der Waals surface area contributed by atoms with Crippen molar-refractivity contribution in [3.8, 4) is 11.5 Å². The van der Waals surface area contributed by atoms with Gasteiger partial charge >= 0.3 is 5.97 Å². The Labute approximate surface area is 145 Å². The van der Waals surface area contributed by atoms with Gasteiger partial charge in [0.05, 0.1) is 18.5 Å². The molecule has 0 aliphatic heterocycles. The Kier molecular flexibility index (Phi) is 4.40. The maximum Gasteiger partial charge on any atom is 0.307 e. The van der Waals surface area contributed by atoms with Crippen LogP contribution in [0.5, 0.6) is 11.5 Å². The molecular formula is C20H21NO4.